The molecule has 1 heterocycles. The second-order valence-corrected chi connectivity index (χ2v) is 5.60. The summed E-state index contributed by atoms with van der Waals surface area (Å²) in [6.07, 6.45) is 0. The molecular weight excluding hydrogens is 282 g/mol. The zero-order valence-electron chi connectivity index (χ0n) is 11.8. The van der Waals surface area contributed by atoms with Crippen LogP contribution in [0.15, 0.2) is 53.3 Å². The van der Waals surface area contributed by atoms with Crippen molar-refractivity contribution in [2.45, 2.75) is 13.8 Å². The summed E-state index contributed by atoms with van der Waals surface area (Å²) in [5.74, 6) is 0.546. The lowest BCUT2D eigenvalue weighted by Crippen LogP contribution is -2.14. The number of aryl methyl sites for hydroxylation is 2. The second-order valence-electron chi connectivity index (χ2n) is 4.89. The van der Waals surface area contributed by atoms with Gasteiger partial charge in [0.15, 0.2) is 0 Å². The monoisotopic (exact) mass is 297 g/mol. The van der Waals surface area contributed by atoms with Gasteiger partial charge in [0.25, 0.3) is 0 Å². The van der Waals surface area contributed by atoms with Crippen molar-refractivity contribution in [2.24, 2.45) is 0 Å². The zero-order chi connectivity index (χ0) is 14.8. The number of para-hydroxylation sites is 1. The topological polar surface area (TPSA) is 46.9 Å². The Morgan fingerprint density at radius 1 is 1.10 bits per heavy atom. The van der Waals surface area contributed by atoms with Crippen molar-refractivity contribution in [2.75, 3.05) is 5.32 Å². The Morgan fingerprint density at radius 2 is 1.90 bits per heavy atom. The van der Waals surface area contributed by atoms with Gasteiger partial charge < -0.3 is 5.32 Å². The van der Waals surface area contributed by atoms with Crippen LogP contribution in [0.25, 0.3) is 5.69 Å². The number of aromatic nitrogens is 2. The van der Waals surface area contributed by atoms with Gasteiger partial charge in [-0.25, -0.2) is 4.57 Å². The van der Waals surface area contributed by atoms with Crippen molar-refractivity contribution in [3.05, 3.63) is 69.3 Å². The SMILES string of the molecule is Cc1cccc(Nc2nsc(=O)n2-c2ccccc2C)c1. The fourth-order valence-corrected chi connectivity index (χ4v) is 2.77. The lowest BCUT2D eigenvalue weighted by Gasteiger charge is -2.10. The molecule has 0 saturated carbocycles. The standard InChI is InChI=1S/C16H15N3OS/c1-11-6-5-8-13(10-11)17-15-18-21-16(20)19(15)14-9-4-3-7-12(14)2/h3-10H,1-2H3,(H,17,18). The Bertz CT molecular complexity index is 835. The first kappa shape index (κ1) is 13.6. The van der Waals surface area contributed by atoms with E-state index in [1.165, 1.54) is 0 Å². The van der Waals surface area contributed by atoms with Gasteiger partial charge in [0, 0.05) is 17.2 Å². The van der Waals surface area contributed by atoms with E-state index in [9.17, 15) is 4.79 Å². The summed E-state index contributed by atoms with van der Waals surface area (Å²) < 4.78 is 5.85. The van der Waals surface area contributed by atoms with Gasteiger partial charge in [0.05, 0.1) is 5.69 Å². The Morgan fingerprint density at radius 3 is 2.67 bits per heavy atom. The highest BCUT2D eigenvalue weighted by Crippen LogP contribution is 2.20. The second kappa shape index (κ2) is 5.54. The third kappa shape index (κ3) is 2.73. The molecule has 0 aliphatic rings. The minimum Gasteiger partial charge on any atom is -0.324 e. The summed E-state index contributed by atoms with van der Waals surface area (Å²) in [7, 11) is 0. The predicted molar refractivity (Wildman–Crippen MR) is 86.9 cm³/mol. The molecule has 0 atom stereocenters. The van der Waals surface area contributed by atoms with Crippen LogP contribution in [0.5, 0.6) is 0 Å². The molecule has 106 valence electrons. The molecule has 0 saturated heterocycles. The molecule has 0 bridgehead atoms. The highest BCUT2D eigenvalue weighted by molar-refractivity contribution is 7.03. The molecule has 0 fully saturated rings. The van der Waals surface area contributed by atoms with Crippen LogP contribution < -0.4 is 10.2 Å². The smallest absolute Gasteiger partial charge is 0.324 e. The molecule has 1 aromatic heterocycles. The van der Waals surface area contributed by atoms with Crippen molar-refractivity contribution in [3.63, 3.8) is 0 Å². The van der Waals surface area contributed by atoms with E-state index in [-0.39, 0.29) is 4.87 Å². The average Bonchev–Trinajstić information content (AvgIpc) is 2.81. The van der Waals surface area contributed by atoms with Crippen LogP contribution in [0.3, 0.4) is 0 Å². The quantitative estimate of drug-likeness (QED) is 0.802. The van der Waals surface area contributed by atoms with Gasteiger partial charge in [-0.2, -0.15) is 4.37 Å². The Balaban J connectivity index is 2.06. The van der Waals surface area contributed by atoms with Gasteiger partial charge in [-0.05, 0) is 43.2 Å². The summed E-state index contributed by atoms with van der Waals surface area (Å²) in [5.41, 5.74) is 3.96. The Kier molecular flexibility index (Phi) is 3.58. The molecule has 3 aromatic rings. The minimum atomic E-state index is -0.0977. The number of benzene rings is 2. The first-order valence-corrected chi connectivity index (χ1v) is 7.41. The van der Waals surface area contributed by atoms with Crippen LogP contribution >= 0.6 is 11.5 Å². The third-order valence-corrected chi connectivity index (χ3v) is 3.84. The Labute approximate surface area is 126 Å². The van der Waals surface area contributed by atoms with Crippen LogP contribution in [0.2, 0.25) is 0 Å². The normalized spacial score (nSPS) is 10.6. The average molecular weight is 297 g/mol. The number of anilines is 2. The summed E-state index contributed by atoms with van der Waals surface area (Å²) in [5, 5.41) is 3.22. The molecule has 0 aliphatic heterocycles. The number of hydrogen-bond acceptors (Lipinski definition) is 4. The van der Waals surface area contributed by atoms with E-state index in [1.54, 1.807) is 4.57 Å². The summed E-state index contributed by atoms with van der Waals surface area (Å²) in [6.45, 7) is 4.01. The fraction of sp³-hybridized carbons (Fsp3) is 0.125. The molecule has 4 nitrogen and oxygen atoms in total. The van der Waals surface area contributed by atoms with Crippen LogP contribution in [-0.2, 0) is 0 Å². The molecule has 0 unspecified atom stereocenters. The van der Waals surface area contributed by atoms with Crippen molar-refractivity contribution >= 4 is 23.2 Å². The predicted octanol–water partition coefficient (Wildman–Crippen LogP) is 3.65. The maximum atomic E-state index is 12.1. The molecule has 0 amide bonds. The number of rotatable bonds is 3. The summed E-state index contributed by atoms with van der Waals surface area (Å²) in [4.78, 5) is 12.0. The molecule has 0 radical (unpaired) electrons. The van der Waals surface area contributed by atoms with E-state index in [2.05, 4.69) is 9.69 Å². The van der Waals surface area contributed by atoms with Crippen LogP contribution in [0.4, 0.5) is 11.6 Å². The summed E-state index contributed by atoms with van der Waals surface area (Å²) >= 11 is 0.953. The molecule has 0 aliphatic carbocycles. The highest BCUT2D eigenvalue weighted by Gasteiger charge is 2.12. The highest BCUT2D eigenvalue weighted by atomic mass is 32.1. The fourth-order valence-electron chi connectivity index (χ4n) is 2.21. The van der Waals surface area contributed by atoms with Gasteiger partial charge in [-0.15, -0.1) is 0 Å². The van der Waals surface area contributed by atoms with Gasteiger partial charge in [0.1, 0.15) is 0 Å². The first-order chi connectivity index (χ1) is 10.1. The van der Waals surface area contributed by atoms with E-state index >= 15 is 0 Å². The van der Waals surface area contributed by atoms with Crippen molar-refractivity contribution in [1.82, 2.24) is 8.94 Å². The third-order valence-electron chi connectivity index (χ3n) is 3.24. The van der Waals surface area contributed by atoms with E-state index in [0.717, 1.165) is 34.0 Å². The van der Waals surface area contributed by atoms with Gasteiger partial charge in [-0.1, -0.05) is 30.3 Å². The Hall–Kier alpha value is -2.40. The van der Waals surface area contributed by atoms with E-state index in [4.69, 9.17) is 0 Å². The molecule has 1 N–H and O–H groups in total. The van der Waals surface area contributed by atoms with Gasteiger partial charge in [-0.3, -0.25) is 4.79 Å². The van der Waals surface area contributed by atoms with Crippen molar-refractivity contribution < 1.29 is 0 Å². The lowest BCUT2D eigenvalue weighted by molar-refractivity contribution is 1.01. The molecule has 2 aromatic carbocycles. The first-order valence-electron chi connectivity index (χ1n) is 6.63. The molecule has 5 heteroatoms. The van der Waals surface area contributed by atoms with Gasteiger partial charge in [0.2, 0.25) is 5.95 Å². The lowest BCUT2D eigenvalue weighted by atomic mass is 10.2. The minimum absolute atomic E-state index is 0.0977. The molecule has 3 rings (SSSR count). The molecule has 21 heavy (non-hydrogen) atoms. The van der Waals surface area contributed by atoms with E-state index in [0.29, 0.717) is 5.95 Å². The van der Waals surface area contributed by atoms with E-state index in [1.807, 2.05) is 62.4 Å². The maximum absolute atomic E-state index is 12.1. The van der Waals surface area contributed by atoms with Crippen molar-refractivity contribution in [3.8, 4) is 5.69 Å². The van der Waals surface area contributed by atoms with Gasteiger partial charge >= 0.3 is 4.87 Å². The number of nitrogens with one attached hydrogen (secondary N) is 1. The van der Waals surface area contributed by atoms with E-state index < -0.39 is 0 Å². The molecular formula is C16H15N3OS. The zero-order valence-corrected chi connectivity index (χ0v) is 12.6. The van der Waals surface area contributed by atoms with Crippen molar-refractivity contribution in [1.29, 1.82) is 0 Å². The van der Waals surface area contributed by atoms with Crippen LogP contribution in [-0.4, -0.2) is 8.94 Å². The molecule has 0 spiro atoms. The number of nitrogens with zero attached hydrogens (tertiary/aromatic N) is 2. The summed E-state index contributed by atoms with van der Waals surface area (Å²) in [6, 6.07) is 15.8. The van der Waals surface area contributed by atoms with Crippen LogP contribution in [0, 0.1) is 13.8 Å². The number of hydrogen-bond donors (Lipinski definition) is 1. The largest absolute Gasteiger partial charge is 0.332 e. The maximum Gasteiger partial charge on any atom is 0.332 e. The van der Waals surface area contributed by atoms with Crippen LogP contribution in [0.1, 0.15) is 11.1 Å².